The Bertz CT molecular complexity index is 2450. The molecule has 222 valence electrons. The largest absolute Gasteiger partial charge is 0.310 e. The van der Waals surface area contributed by atoms with Crippen LogP contribution in [0, 0.1) is 0 Å². The molecule has 0 aliphatic rings. The van der Waals surface area contributed by atoms with Crippen molar-refractivity contribution < 1.29 is 9.59 Å². The molecule has 3 heteroatoms. The molecule has 0 unspecified atom stereocenters. The molecular formula is C44H29NO2. The molecule has 3 nitrogen and oxygen atoms in total. The van der Waals surface area contributed by atoms with Crippen molar-refractivity contribution in [2.75, 3.05) is 4.90 Å². The van der Waals surface area contributed by atoms with Crippen molar-refractivity contribution in [2.24, 2.45) is 0 Å². The van der Waals surface area contributed by atoms with Crippen molar-refractivity contribution >= 4 is 78.3 Å². The maximum Gasteiger partial charge on any atom is 0.186 e. The molecule has 0 fully saturated rings. The second-order valence-electron chi connectivity index (χ2n) is 11.8. The van der Waals surface area contributed by atoms with Crippen LogP contribution in [0.1, 0.15) is 26.3 Å². The number of nitrogens with zero attached hydrogens (tertiary/aromatic N) is 1. The van der Waals surface area contributed by atoms with Crippen LogP contribution in [-0.4, -0.2) is 12.1 Å². The average molecular weight is 604 g/mol. The van der Waals surface area contributed by atoms with Gasteiger partial charge in [-0.1, -0.05) is 109 Å². The Labute approximate surface area is 272 Å². The molecule has 0 radical (unpaired) electrons. The van der Waals surface area contributed by atoms with Gasteiger partial charge < -0.3 is 4.90 Å². The minimum Gasteiger partial charge on any atom is -0.310 e. The van der Waals surface area contributed by atoms with Crippen molar-refractivity contribution in [1.82, 2.24) is 0 Å². The third kappa shape index (κ3) is 5.45. The molecular weight excluding hydrogens is 574 g/mol. The molecule has 0 aromatic heterocycles. The quantitative estimate of drug-likeness (QED) is 0.103. The van der Waals surface area contributed by atoms with E-state index in [0.29, 0.717) is 11.1 Å². The molecule has 0 atom stereocenters. The highest BCUT2D eigenvalue weighted by Gasteiger charge is 2.15. The normalized spacial score (nSPS) is 11.5. The standard InChI is InChI=1S/C44H29NO2/c46-29-39-24-33-9-5-6-12-36(33)28-43(39)44(47)22-14-30-13-15-38-27-42(21-18-37(38)23-30)45(40-19-16-31-7-1-3-10-34(31)25-40)41-20-17-32-8-2-4-11-35(32)26-41/h1-29H/b22-14-. The number of hydrogen-bond donors (Lipinski definition) is 0. The fourth-order valence-electron chi connectivity index (χ4n) is 6.40. The number of carbonyl (C=O) groups is 2. The van der Waals surface area contributed by atoms with Crippen molar-refractivity contribution in [3.05, 3.63) is 180 Å². The second-order valence-corrected chi connectivity index (χ2v) is 11.8. The second kappa shape index (κ2) is 11.9. The monoisotopic (exact) mass is 603 g/mol. The van der Waals surface area contributed by atoms with Crippen LogP contribution in [0.3, 0.4) is 0 Å². The summed E-state index contributed by atoms with van der Waals surface area (Å²) in [6, 6.07) is 54.0. The molecule has 0 N–H and O–H groups in total. The number of hydrogen-bond acceptors (Lipinski definition) is 3. The van der Waals surface area contributed by atoms with Gasteiger partial charge in [0.05, 0.1) is 0 Å². The van der Waals surface area contributed by atoms with E-state index < -0.39 is 0 Å². The van der Waals surface area contributed by atoms with E-state index in [4.69, 9.17) is 0 Å². The summed E-state index contributed by atoms with van der Waals surface area (Å²) >= 11 is 0. The van der Waals surface area contributed by atoms with Crippen LogP contribution in [0.15, 0.2) is 164 Å². The van der Waals surface area contributed by atoms with Crippen LogP contribution in [-0.2, 0) is 0 Å². The summed E-state index contributed by atoms with van der Waals surface area (Å²) in [5.74, 6) is -0.199. The number of fused-ring (bicyclic) bond motifs is 4. The van der Waals surface area contributed by atoms with Gasteiger partial charge in [-0.25, -0.2) is 0 Å². The maximum absolute atomic E-state index is 13.2. The van der Waals surface area contributed by atoms with E-state index >= 15 is 0 Å². The number of ketones is 1. The van der Waals surface area contributed by atoms with Gasteiger partial charge in [0.1, 0.15) is 0 Å². The maximum atomic E-state index is 13.2. The van der Waals surface area contributed by atoms with Gasteiger partial charge >= 0.3 is 0 Å². The molecule has 8 aromatic rings. The minimum absolute atomic E-state index is 0.199. The van der Waals surface area contributed by atoms with E-state index in [0.717, 1.165) is 50.5 Å². The SMILES string of the molecule is O=Cc1cc2ccccc2cc1C(=O)/C=C\c1ccc2cc(N(c3ccc4ccccc4c3)c3ccc4ccccc4c3)ccc2c1. The third-order valence-corrected chi connectivity index (χ3v) is 8.83. The van der Waals surface area contributed by atoms with Crippen LogP contribution in [0.4, 0.5) is 17.1 Å². The molecule has 47 heavy (non-hydrogen) atoms. The van der Waals surface area contributed by atoms with E-state index in [-0.39, 0.29) is 5.78 Å². The molecule has 0 bridgehead atoms. The number of anilines is 3. The van der Waals surface area contributed by atoms with Crippen LogP contribution in [0.5, 0.6) is 0 Å². The fraction of sp³-hybridized carbons (Fsp3) is 0. The Morgan fingerprint density at radius 2 is 0.872 bits per heavy atom. The molecule has 0 aliphatic carbocycles. The van der Waals surface area contributed by atoms with E-state index in [1.807, 2.05) is 36.4 Å². The summed E-state index contributed by atoms with van der Waals surface area (Å²) in [6.07, 6.45) is 4.12. The van der Waals surface area contributed by atoms with Gasteiger partial charge in [-0.2, -0.15) is 0 Å². The van der Waals surface area contributed by atoms with Crippen molar-refractivity contribution in [1.29, 1.82) is 0 Å². The average Bonchev–Trinajstić information content (AvgIpc) is 3.13. The fourth-order valence-corrected chi connectivity index (χ4v) is 6.40. The first-order valence-corrected chi connectivity index (χ1v) is 15.6. The first kappa shape index (κ1) is 28.2. The number of aldehydes is 1. The lowest BCUT2D eigenvalue weighted by Gasteiger charge is -2.26. The van der Waals surface area contributed by atoms with Crippen LogP contribution >= 0.6 is 0 Å². The topological polar surface area (TPSA) is 37.4 Å². The molecule has 0 saturated carbocycles. The molecule has 0 amide bonds. The van der Waals surface area contributed by atoms with E-state index in [1.54, 1.807) is 18.2 Å². The predicted molar refractivity (Wildman–Crippen MR) is 196 cm³/mol. The number of rotatable bonds is 7. The Kier molecular flexibility index (Phi) is 7.12. The highest BCUT2D eigenvalue weighted by molar-refractivity contribution is 6.13. The lowest BCUT2D eigenvalue weighted by Crippen LogP contribution is -2.10. The molecule has 0 spiro atoms. The highest BCUT2D eigenvalue weighted by Crippen LogP contribution is 2.38. The number of benzene rings is 8. The Balaban J connectivity index is 1.15. The Hall–Kier alpha value is -6.32. The van der Waals surface area contributed by atoms with Crippen LogP contribution in [0.25, 0.3) is 49.2 Å². The summed E-state index contributed by atoms with van der Waals surface area (Å²) in [4.78, 5) is 27.3. The van der Waals surface area contributed by atoms with Gasteiger partial charge in [0.15, 0.2) is 12.1 Å². The van der Waals surface area contributed by atoms with E-state index in [9.17, 15) is 9.59 Å². The van der Waals surface area contributed by atoms with Crippen LogP contribution < -0.4 is 4.90 Å². The van der Waals surface area contributed by atoms with Crippen molar-refractivity contribution in [3.8, 4) is 0 Å². The lowest BCUT2D eigenvalue weighted by molar-refractivity contribution is 0.103. The van der Waals surface area contributed by atoms with Crippen molar-refractivity contribution in [3.63, 3.8) is 0 Å². The van der Waals surface area contributed by atoms with Gasteiger partial charge in [0.2, 0.25) is 0 Å². The molecule has 8 rings (SSSR count). The molecule has 0 saturated heterocycles. The smallest absolute Gasteiger partial charge is 0.186 e. The zero-order valence-electron chi connectivity index (χ0n) is 25.5. The first-order valence-electron chi connectivity index (χ1n) is 15.6. The number of carbonyl (C=O) groups excluding carboxylic acids is 2. The number of allylic oxidation sites excluding steroid dienone is 1. The summed E-state index contributed by atoms with van der Waals surface area (Å²) in [6.45, 7) is 0. The van der Waals surface area contributed by atoms with Gasteiger partial charge in [0, 0.05) is 28.2 Å². The van der Waals surface area contributed by atoms with Gasteiger partial charge in [-0.3, -0.25) is 9.59 Å². The Morgan fingerprint density at radius 3 is 1.43 bits per heavy atom. The first-order chi connectivity index (χ1) is 23.1. The summed E-state index contributed by atoms with van der Waals surface area (Å²) in [7, 11) is 0. The van der Waals surface area contributed by atoms with E-state index in [2.05, 4.69) is 120 Å². The summed E-state index contributed by atoms with van der Waals surface area (Å²) in [5, 5.41) is 8.81. The molecule has 0 aliphatic heterocycles. The minimum atomic E-state index is -0.199. The predicted octanol–water partition coefficient (Wildman–Crippen LogP) is 11.5. The summed E-state index contributed by atoms with van der Waals surface area (Å²) in [5.41, 5.74) is 4.93. The van der Waals surface area contributed by atoms with Gasteiger partial charge in [0.25, 0.3) is 0 Å². The highest BCUT2D eigenvalue weighted by atomic mass is 16.1. The third-order valence-electron chi connectivity index (χ3n) is 8.83. The molecule has 0 heterocycles. The van der Waals surface area contributed by atoms with Gasteiger partial charge in [-0.15, -0.1) is 0 Å². The van der Waals surface area contributed by atoms with Crippen LogP contribution in [0.2, 0.25) is 0 Å². The Morgan fingerprint density at radius 1 is 0.447 bits per heavy atom. The lowest BCUT2D eigenvalue weighted by atomic mass is 9.98. The van der Waals surface area contributed by atoms with Gasteiger partial charge in [-0.05, 0) is 109 Å². The zero-order valence-corrected chi connectivity index (χ0v) is 25.5. The summed E-state index contributed by atoms with van der Waals surface area (Å²) < 4.78 is 0. The molecule has 8 aromatic carbocycles. The van der Waals surface area contributed by atoms with Crippen molar-refractivity contribution in [2.45, 2.75) is 0 Å². The van der Waals surface area contributed by atoms with E-state index in [1.165, 1.54) is 21.5 Å². The zero-order chi connectivity index (χ0) is 31.7.